The lowest BCUT2D eigenvalue weighted by Gasteiger charge is -2.36. The van der Waals surface area contributed by atoms with Crippen LogP contribution in [0.4, 0.5) is 0 Å². The highest BCUT2D eigenvalue weighted by atomic mass is 16.2. The molecular weight excluding hydrogens is 238 g/mol. The van der Waals surface area contributed by atoms with E-state index < -0.39 is 5.54 Å². The molecule has 19 heavy (non-hydrogen) atoms. The SMILES string of the molecule is CC1CCCC(N)(C(=O)NCC(C)N(C)C2CC2)C1. The predicted octanol–water partition coefficient (Wildman–Crippen LogP) is 1.49. The number of hydrogen-bond acceptors (Lipinski definition) is 3. The fraction of sp³-hybridized carbons (Fsp3) is 0.933. The molecule has 4 nitrogen and oxygen atoms in total. The van der Waals surface area contributed by atoms with Gasteiger partial charge >= 0.3 is 0 Å². The minimum Gasteiger partial charge on any atom is -0.353 e. The van der Waals surface area contributed by atoms with Gasteiger partial charge in [0.15, 0.2) is 0 Å². The summed E-state index contributed by atoms with van der Waals surface area (Å²) < 4.78 is 0. The standard InChI is InChI=1S/C15H29N3O/c1-11-5-4-8-15(16,9-11)14(19)17-10-12(2)18(3)13-6-7-13/h11-13H,4-10,16H2,1-3H3,(H,17,19). The van der Waals surface area contributed by atoms with Crippen molar-refractivity contribution in [3.05, 3.63) is 0 Å². The zero-order valence-electron chi connectivity index (χ0n) is 12.6. The van der Waals surface area contributed by atoms with Crippen LogP contribution in [0.1, 0.15) is 52.4 Å². The Morgan fingerprint density at radius 3 is 2.74 bits per heavy atom. The number of carbonyl (C=O) groups excluding carboxylic acids is 1. The molecule has 3 N–H and O–H groups in total. The van der Waals surface area contributed by atoms with Gasteiger partial charge in [-0.3, -0.25) is 9.69 Å². The van der Waals surface area contributed by atoms with E-state index in [2.05, 4.69) is 31.1 Å². The van der Waals surface area contributed by atoms with E-state index in [4.69, 9.17) is 5.73 Å². The third-order valence-electron chi connectivity index (χ3n) is 4.86. The Labute approximate surface area is 117 Å². The summed E-state index contributed by atoms with van der Waals surface area (Å²) in [5, 5.41) is 3.07. The van der Waals surface area contributed by atoms with Crippen molar-refractivity contribution in [1.82, 2.24) is 10.2 Å². The summed E-state index contributed by atoms with van der Waals surface area (Å²) in [4.78, 5) is 14.7. The molecule has 1 amide bonds. The summed E-state index contributed by atoms with van der Waals surface area (Å²) in [6.45, 7) is 5.07. The number of amides is 1. The molecule has 2 rings (SSSR count). The van der Waals surface area contributed by atoms with E-state index in [0.717, 1.165) is 25.3 Å². The minimum atomic E-state index is -0.629. The molecule has 0 aromatic heterocycles. The van der Waals surface area contributed by atoms with Crippen molar-refractivity contribution < 1.29 is 4.79 Å². The van der Waals surface area contributed by atoms with Crippen molar-refractivity contribution in [2.24, 2.45) is 11.7 Å². The molecular formula is C15H29N3O. The van der Waals surface area contributed by atoms with Crippen LogP contribution < -0.4 is 11.1 Å². The molecule has 110 valence electrons. The Morgan fingerprint density at radius 2 is 2.16 bits per heavy atom. The van der Waals surface area contributed by atoms with Gasteiger partial charge < -0.3 is 11.1 Å². The molecule has 0 heterocycles. The van der Waals surface area contributed by atoms with Crippen LogP contribution in [0.5, 0.6) is 0 Å². The minimum absolute atomic E-state index is 0.0510. The zero-order chi connectivity index (χ0) is 14.0. The number of nitrogens with two attached hydrogens (primary N) is 1. The highest BCUT2D eigenvalue weighted by Gasteiger charge is 2.38. The van der Waals surface area contributed by atoms with E-state index in [1.807, 2.05) is 0 Å². The van der Waals surface area contributed by atoms with Crippen LogP contribution in [0.25, 0.3) is 0 Å². The van der Waals surface area contributed by atoms with Crippen LogP contribution >= 0.6 is 0 Å². The quantitative estimate of drug-likeness (QED) is 0.793. The molecule has 3 unspecified atom stereocenters. The van der Waals surface area contributed by atoms with Gasteiger partial charge in [0.05, 0.1) is 5.54 Å². The van der Waals surface area contributed by atoms with Crippen molar-refractivity contribution in [1.29, 1.82) is 0 Å². The Bertz CT molecular complexity index is 329. The van der Waals surface area contributed by atoms with E-state index >= 15 is 0 Å². The molecule has 2 saturated carbocycles. The molecule has 0 spiro atoms. The molecule has 0 bridgehead atoms. The first-order valence-electron chi connectivity index (χ1n) is 7.71. The van der Waals surface area contributed by atoms with Crippen molar-refractivity contribution in [2.45, 2.75) is 70.0 Å². The lowest BCUT2D eigenvalue weighted by Crippen LogP contribution is -2.57. The van der Waals surface area contributed by atoms with Gasteiger partial charge in [0.25, 0.3) is 0 Å². The van der Waals surface area contributed by atoms with Crippen LogP contribution in [0.15, 0.2) is 0 Å². The first-order valence-corrected chi connectivity index (χ1v) is 7.71. The van der Waals surface area contributed by atoms with Gasteiger partial charge in [0, 0.05) is 18.6 Å². The normalized spacial score (nSPS) is 33.2. The molecule has 2 aliphatic carbocycles. The predicted molar refractivity (Wildman–Crippen MR) is 77.8 cm³/mol. The lowest BCUT2D eigenvalue weighted by atomic mass is 9.76. The number of hydrogen-bond donors (Lipinski definition) is 2. The van der Waals surface area contributed by atoms with Crippen LogP contribution in [0.3, 0.4) is 0 Å². The van der Waals surface area contributed by atoms with Gasteiger partial charge in [0.1, 0.15) is 0 Å². The van der Waals surface area contributed by atoms with E-state index in [0.29, 0.717) is 18.5 Å². The van der Waals surface area contributed by atoms with Gasteiger partial charge in [-0.05, 0) is 45.6 Å². The lowest BCUT2D eigenvalue weighted by molar-refractivity contribution is -0.128. The molecule has 4 heteroatoms. The molecule has 0 radical (unpaired) electrons. The van der Waals surface area contributed by atoms with Crippen LogP contribution in [0.2, 0.25) is 0 Å². The Balaban J connectivity index is 1.79. The van der Waals surface area contributed by atoms with E-state index in [9.17, 15) is 4.79 Å². The third-order valence-corrected chi connectivity index (χ3v) is 4.86. The summed E-state index contributed by atoms with van der Waals surface area (Å²) in [5.41, 5.74) is 5.67. The summed E-state index contributed by atoms with van der Waals surface area (Å²) >= 11 is 0. The van der Waals surface area contributed by atoms with Crippen LogP contribution in [-0.4, -0.2) is 42.0 Å². The highest BCUT2D eigenvalue weighted by molar-refractivity contribution is 5.86. The van der Waals surface area contributed by atoms with Gasteiger partial charge in [-0.25, -0.2) is 0 Å². The summed E-state index contributed by atoms with van der Waals surface area (Å²) in [6.07, 6.45) is 6.53. The average molecular weight is 267 g/mol. The van der Waals surface area contributed by atoms with Crippen molar-refractivity contribution in [3.8, 4) is 0 Å². The Morgan fingerprint density at radius 1 is 1.47 bits per heavy atom. The maximum Gasteiger partial charge on any atom is 0.240 e. The molecule has 2 fully saturated rings. The molecule has 0 aromatic carbocycles. The zero-order valence-corrected chi connectivity index (χ0v) is 12.6. The van der Waals surface area contributed by atoms with Gasteiger partial charge in [-0.1, -0.05) is 19.8 Å². The number of nitrogens with one attached hydrogen (secondary N) is 1. The largest absolute Gasteiger partial charge is 0.353 e. The fourth-order valence-electron chi connectivity index (χ4n) is 3.20. The van der Waals surface area contributed by atoms with E-state index in [1.165, 1.54) is 19.3 Å². The van der Waals surface area contributed by atoms with E-state index in [1.54, 1.807) is 0 Å². The van der Waals surface area contributed by atoms with E-state index in [-0.39, 0.29) is 5.91 Å². The number of carbonyl (C=O) groups is 1. The Kier molecular flexibility index (Phi) is 4.51. The highest BCUT2D eigenvalue weighted by Crippen LogP contribution is 2.30. The van der Waals surface area contributed by atoms with Gasteiger partial charge in [0.2, 0.25) is 5.91 Å². The van der Waals surface area contributed by atoms with Crippen molar-refractivity contribution >= 4 is 5.91 Å². The Hall–Kier alpha value is -0.610. The molecule has 2 aliphatic rings. The summed E-state index contributed by atoms with van der Waals surface area (Å²) in [5.74, 6) is 0.617. The number of rotatable bonds is 5. The maximum atomic E-state index is 12.3. The third kappa shape index (κ3) is 3.69. The monoisotopic (exact) mass is 267 g/mol. The average Bonchev–Trinajstić information content (AvgIpc) is 3.18. The van der Waals surface area contributed by atoms with Crippen LogP contribution in [0, 0.1) is 5.92 Å². The second-order valence-electron chi connectivity index (χ2n) is 6.81. The van der Waals surface area contributed by atoms with Crippen LogP contribution in [-0.2, 0) is 4.79 Å². The second kappa shape index (κ2) is 5.80. The molecule has 3 atom stereocenters. The fourth-order valence-corrected chi connectivity index (χ4v) is 3.20. The topological polar surface area (TPSA) is 58.4 Å². The van der Waals surface area contributed by atoms with Gasteiger partial charge in [-0.15, -0.1) is 0 Å². The van der Waals surface area contributed by atoms with Crippen molar-refractivity contribution in [3.63, 3.8) is 0 Å². The number of nitrogens with zero attached hydrogens (tertiary/aromatic N) is 1. The molecule has 0 saturated heterocycles. The number of likely N-dealkylation sites (N-methyl/N-ethyl adjacent to an activating group) is 1. The maximum absolute atomic E-state index is 12.3. The van der Waals surface area contributed by atoms with Crippen molar-refractivity contribution in [2.75, 3.05) is 13.6 Å². The van der Waals surface area contributed by atoms with Gasteiger partial charge in [-0.2, -0.15) is 0 Å². The first-order chi connectivity index (χ1) is 8.92. The first kappa shape index (κ1) is 14.8. The second-order valence-corrected chi connectivity index (χ2v) is 6.81. The molecule has 0 aliphatic heterocycles. The summed E-state index contributed by atoms with van der Waals surface area (Å²) in [6, 6.07) is 1.12. The smallest absolute Gasteiger partial charge is 0.240 e. The summed E-state index contributed by atoms with van der Waals surface area (Å²) in [7, 11) is 2.15. The molecule has 0 aromatic rings.